The van der Waals surface area contributed by atoms with Gasteiger partial charge in [0, 0.05) is 12.1 Å². The van der Waals surface area contributed by atoms with Crippen LogP contribution in [0.25, 0.3) is 0 Å². The molecule has 0 unspecified atom stereocenters. The first-order valence-electron chi connectivity index (χ1n) is 5.55. The van der Waals surface area contributed by atoms with E-state index < -0.39 is 14.9 Å². The minimum absolute atomic E-state index is 0.0194. The number of sulfonamides is 1. The second kappa shape index (κ2) is 5.62. The average Bonchev–Trinajstić information content (AvgIpc) is 2.38. The number of benzene rings is 1. The maximum absolute atomic E-state index is 12.3. The molecule has 2 aromatic rings. The fraction of sp³-hybridized carbons (Fsp3) is 0.0909. The summed E-state index contributed by atoms with van der Waals surface area (Å²) in [6.45, 7) is 1.53. The highest BCUT2D eigenvalue weighted by Crippen LogP contribution is 2.23. The van der Waals surface area contributed by atoms with E-state index in [0.717, 1.165) is 6.07 Å². The zero-order valence-corrected chi connectivity index (χ0v) is 12.2. The van der Waals surface area contributed by atoms with Crippen LogP contribution in [0.5, 0.6) is 0 Å². The van der Waals surface area contributed by atoms with Crippen molar-refractivity contribution in [1.82, 2.24) is 9.97 Å². The van der Waals surface area contributed by atoms with Crippen LogP contribution in [0, 0.1) is 17.0 Å². The van der Waals surface area contributed by atoms with Crippen molar-refractivity contribution in [1.29, 1.82) is 0 Å². The van der Waals surface area contributed by atoms with Gasteiger partial charge in [0.15, 0.2) is 5.82 Å². The number of halogens is 1. The van der Waals surface area contributed by atoms with Gasteiger partial charge in [-0.3, -0.25) is 19.8 Å². The molecule has 1 N–H and O–H groups in total. The molecule has 1 aromatic carbocycles. The number of nitro benzene ring substituents is 1. The predicted molar refractivity (Wildman–Crippen MR) is 75.7 cm³/mol. The van der Waals surface area contributed by atoms with Crippen molar-refractivity contribution in [2.75, 3.05) is 4.72 Å². The number of nitrogens with one attached hydrogen (secondary N) is 1. The predicted octanol–water partition coefficient (Wildman–Crippen LogP) is 2.15. The summed E-state index contributed by atoms with van der Waals surface area (Å²) in [5.74, 6) is -0.0755. The molecule has 10 heteroatoms. The lowest BCUT2D eigenvalue weighted by atomic mass is 10.2. The number of nitrogens with zero attached hydrogens (tertiary/aromatic N) is 3. The van der Waals surface area contributed by atoms with Crippen LogP contribution in [-0.4, -0.2) is 23.3 Å². The highest BCUT2D eigenvalue weighted by atomic mass is 35.5. The Morgan fingerprint density at radius 3 is 2.67 bits per heavy atom. The molecule has 0 bridgehead atoms. The lowest BCUT2D eigenvalue weighted by Crippen LogP contribution is -2.15. The molecule has 0 aliphatic carbocycles. The molecule has 0 atom stereocenters. The number of non-ortho nitro benzene ring substituents is 1. The van der Waals surface area contributed by atoms with E-state index in [1.807, 2.05) is 0 Å². The average molecular weight is 329 g/mol. The van der Waals surface area contributed by atoms with Gasteiger partial charge in [0.1, 0.15) is 5.15 Å². The van der Waals surface area contributed by atoms with Gasteiger partial charge in [0.25, 0.3) is 15.7 Å². The Morgan fingerprint density at radius 2 is 2.05 bits per heavy atom. The summed E-state index contributed by atoms with van der Waals surface area (Å²) in [5, 5.41) is 10.8. The van der Waals surface area contributed by atoms with E-state index in [1.165, 1.54) is 31.5 Å². The molecule has 110 valence electrons. The lowest BCUT2D eigenvalue weighted by Gasteiger charge is -2.09. The fourth-order valence-corrected chi connectivity index (χ4v) is 2.97. The van der Waals surface area contributed by atoms with Crippen molar-refractivity contribution < 1.29 is 13.3 Å². The standard InChI is InChI=1S/C11H9ClN4O4S/c1-7-2-3-8(16(17)18)4-9(7)21(19,20)15-11-6-13-5-10(12)14-11/h2-6H,1H3,(H,14,15). The maximum atomic E-state index is 12.3. The Kier molecular flexibility index (Phi) is 4.05. The molecule has 0 saturated heterocycles. The number of anilines is 1. The van der Waals surface area contributed by atoms with Crippen LogP contribution in [-0.2, 0) is 10.0 Å². The van der Waals surface area contributed by atoms with Crippen molar-refractivity contribution in [2.24, 2.45) is 0 Å². The van der Waals surface area contributed by atoms with Crippen LogP contribution in [0.15, 0.2) is 35.5 Å². The molecule has 1 aromatic heterocycles. The molecule has 2 rings (SSSR count). The topological polar surface area (TPSA) is 115 Å². The molecular weight excluding hydrogens is 320 g/mol. The molecular formula is C11H9ClN4O4S. The third-order valence-electron chi connectivity index (χ3n) is 2.52. The third kappa shape index (κ3) is 3.44. The number of hydrogen-bond donors (Lipinski definition) is 1. The van der Waals surface area contributed by atoms with Crippen LogP contribution in [0.2, 0.25) is 5.15 Å². The zero-order chi connectivity index (χ0) is 15.6. The van der Waals surface area contributed by atoms with E-state index >= 15 is 0 Å². The first-order valence-corrected chi connectivity index (χ1v) is 7.41. The van der Waals surface area contributed by atoms with Crippen molar-refractivity contribution in [3.05, 3.63) is 51.4 Å². The first kappa shape index (κ1) is 15.1. The Hall–Kier alpha value is -2.26. The molecule has 1 heterocycles. The van der Waals surface area contributed by atoms with Gasteiger partial charge in [-0.25, -0.2) is 13.4 Å². The van der Waals surface area contributed by atoms with Crippen LogP contribution in [0.1, 0.15) is 5.56 Å². The van der Waals surface area contributed by atoms with Crippen LogP contribution < -0.4 is 4.72 Å². The van der Waals surface area contributed by atoms with Crippen molar-refractivity contribution in [3.63, 3.8) is 0 Å². The van der Waals surface area contributed by atoms with Crippen molar-refractivity contribution in [3.8, 4) is 0 Å². The van der Waals surface area contributed by atoms with Gasteiger partial charge in [0.2, 0.25) is 0 Å². The summed E-state index contributed by atoms with van der Waals surface area (Å²) < 4.78 is 26.7. The van der Waals surface area contributed by atoms with Crippen molar-refractivity contribution >= 4 is 33.1 Å². The van der Waals surface area contributed by atoms with Gasteiger partial charge in [0.05, 0.1) is 22.2 Å². The molecule has 0 spiro atoms. The molecule has 0 saturated carbocycles. The van der Waals surface area contributed by atoms with E-state index in [4.69, 9.17) is 11.6 Å². The molecule has 0 amide bonds. The van der Waals surface area contributed by atoms with Gasteiger partial charge in [-0.05, 0) is 12.5 Å². The van der Waals surface area contributed by atoms with E-state index in [9.17, 15) is 18.5 Å². The van der Waals surface area contributed by atoms with Gasteiger partial charge < -0.3 is 0 Å². The van der Waals surface area contributed by atoms with Crippen LogP contribution in [0.3, 0.4) is 0 Å². The summed E-state index contributed by atoms with van der Waals surface area (Å²) in [5.41, 5.74) is 0.0428. The molecule has 0 aliphatic rings. The third-order valence-corrected chi connectivity index (χ3v) is 4.19. The number of aryl methyl sites for hydroxylation is 1. The SMILES string of the molecule is Cc1ccc([N+](=O)[O-])cc1S(=O)(=O)Nc1cncc(Cl)n1. The van der Waals surface area contributed by atoms with E-state index in [1.54, 1.807) is 0 Å². The maximum Gasteiger partial charge on any atom is 0.270 e. The Morgan fingerprint density at radius 1 is 1.33 bits per heavy atom. The Bertz CT molecular complexity index is 810. The van der Waals surface area contributed by atoms with E-state index in [2.05, 4.69) is 14.7 Å². The summed E-state index contributed by atoms with van der Waals surface area (Å²) >= 11 is 5.62. The van der Waals surface area contributed by atoms with E-state index in [0.29, 0.717) is 5.56 Å². The summed E-state index contributed by atoms with van der Waals surface area (Å²) in [4.78, 5) is 17.3. The normalized spacial score (nSPS) is 11.1. The molecule has 0 radical (unpaired) electrons. The number of nitro groups is 1. The molecule has 0 aliphatic heterocycles. The van der Waals surface area contributed by atoms with Gasteiger partial charge in [-0.2, -0.15) is 0 Å². The minimum atomic E-state index is -4.03. The highest BCUT2D eigenvalue weighted by Gasteiger charge is 2.21. The minimum Gasteiger partial charge on any atom is -0.262 e. The highest BCUT2D eigenvalue weighted by molar-refractivity contribution is 7.92. The summed E-state index contributed by atoms with van der Waals surface area (Å²) in [6.07, 6.45) is 2.42. The lowest BCUT2D eigenvalue weighted by molar-refractivity contribution is -0.385. The van der Waals surface area contributed by atoms with Crippen LogP contribution in [0.4, 0.5) is 11.5 Å². The van der Waals surface area contributed by atoms with Gasteiger partial charge >= 0.3 is 0 Å². The second-order valence-electron chi connectivity index (χ2n) is 4.04. The molecule has 8 nitrogen and oxygen atoms in total. The van der Waals surface area contributed by atoms with Crippen LogP contribution >= 0.6 is 11.6 Å². The molecule has 0 fully saturated rings. The number of rotatable bonds is 4. The smallest absolute Gasteiger partial charge is 0.262 e. The Labute approximate surface area is 125 Å². The second-order valence-corrected chi connectivity index (χ2v) is 6.08. The Balaban J connectivity index is 2.44. The quantitative estimate of drug-likeness (QED) is 0.679. The number of hydrogen-bond acceptors (Lipinski definition) is 6. The summed E-state index contributed by atoms with van der Waals surface area (Å²) in [7, 11) is -4.03. The molecule has 21 heavy (non-hydrogen) atoms. The first-order chi connectivity index (χ1) is 9.79. The fourth-order valence-electron chi connectivity index (χ4n) is 1.58. The monoisotopic (exact) mass is 328 g/mol. The zero-order valence-electron chi connectivity index (χ0n) is 10.6. The van der Waals surface area contributed by atoms with Crippen molar-refractivity contribution in [2.45, 2.75) is 11.8 Å². The summed E-state index contributed by atoms with van der Waals surface area (Å²) in [6, 6.07) is 3.57. The van der Waals surface area contributed by atoms with E-state index in [-0.39, 0.29) is 21.6 Å². The van der Waals surface area contributed by atoms with Gasteiger partial charge in [-0.1, -0.05) is 17.7 Å². The largest absolute Gasteiger partial charge is 0.270 e. The number of aromatic nitrogens is 2. The van der Waals surface area contributed by atoms with Gasteiger partial charge in [-0.15, -0.1) is 0 Å².